The molecular weight excluding hydrogens is 1320 g/mol. The van der Waals surface area contributed by atoms with E-state index in [0.29, 0.717) is 31.9 Å². The monoisotopic (exact) mass is 1410 g/mol. The summed E-state index contributed by atoms with van der Waals surface area (Å²) in [6.07, 6.45) is -0.843. The molecule has 3 aliphatic rings. The molecule has 17 nitrogen and oxygen atoms in total. The van der Waals surface area contributed by atoms with Crippen molar-refractivity contribution >= 4 is 118 Å². The Morgan fingerprint density at radius 2 is 0.730 bits per heavy atom. The number of nitrogen functional groups attached to an aromatic ring is 1. The molecule has 3 saturated heterocycles. The fraction of sp³-hybridized carbons (Fsp3) is 0.263. The van der Waals surface area contributed by atoms with E-state index in [-0.39, 0.29) is 66.8 Å². The van der Waals surface area contributed by atoms with Crippen LogP contribution in [0.3, 0.4) is 0 Å². The average Bonchev–Trinajstić information content (AvgIpc) is 1.65. The summed E-state index contributed by atoms with van der Waals surface area (Å²) in [6, 6.07) is 82.6. The highest BCUT2D eigenvalue weighted by Crippen LogP contribution is 2.37. The normalized spacial score (nSPS) is 17.3. The minimum Gasteiger partial charge on any atom is -0.481 e. The number of nitrogens with two attached hydrogens (primary N) is 1. The first-order valence-corrected chi connectivity index (χ1v) is 34.0. The number of aliphatic carboxylic acids is 1. The number of alkyl halides is 2. The van der Waals surface area contributed by atoms with Gasteiger partial charge in [0.25, 0.3) is 0 Å². The second-order valence-electron chi connectivity index (χ2n) is 26.0. The molecule has 0 aliphatic carbocycles. The molecular formula is C80H91Cl2N9O8S. The van der Waals surface area contributed by atoms with E-state index in [4.69, 9.17) is 38.4 Å². The van der Waals surface area contributed by atoms with Crippen molar-refractivity contribution in [3.05, 3.63) is 271 Å². The molecule has 9 N–H and O–H groups in total. The number of anilines is 9. The Labute approximate surface area is 604 Å². The molecule has 0 bridgehead atoms. The number of carbonyl (C=O) groups is 5. The van der Waals surface area contributed by atoms with Gasteiger partial charge in [0, 0.05) is 108 Å². The van der Waals surface area contributed by atoms with Crippen molar-refractivity contribution in [2.45, 2.75) is 70.5 Å². The molecule has 9 aromatic rings. The van der Waals surface area contributed by atoms with Crippen LogP contribution in [-0.2, 0) is 23.9 Å². The van der Waals surface area contributed by atoms with Crippen LogP contribution in [0.2, 0.25) is 0 Å². The third kappa shape index (κ3) is 24.8. The summed E-state index contributed by atoms with van der Waals surface area (Å²) in [5, 5.41) is 29.1. The molecule has 6 atom stereocenters. The summed E-state index contributed by atoms with van der Waals surface area (Å²) >= 11 is 9.53. The number of nitrogens with zero attached hydrogens (tertiary/aromatic N) is 2. The minimum atomic E-state index is -0.880. The van der Waals surface area contributed by atoms with Crippen molar-refractivity contribution in [3.63, 3.8) is 0 Å². The van der Waals surface area contributed by atoms with E-state index in [1.165, 1.54) is 10.5 Å². The summed E-state index contributed by atoms with van der Waals surface area (Å²) in [5.41, 5.74) is 15.9. The third-order valence-corrected chi connectivity index (χ3v) is 16.2. The maximum atomic E-state index is 13.4. The highest BCUT2D eigenvalue weighted by molar-refractivity contribution is 7.59. The summed E-state index contributed by atoms with van der Waals surface area (Å²) < 4.78 is 10.9. The lowest BCUT2D eigenvalue weighted by molar-refractivity contribution is -0.141. The fourth-order valence-electron chi connectivity index (χ4n) is 11.7. The number of rotatable bonds is 14. The number of halogens is 2. The number of nitrogens with one attached hydrogen (secondary N) is 6. The lowest BCUT2D eigenvalue weighted by Gasteiger charge is -2.24. The van der Waals surface area contributed by atoms with E-state index in [1.807, 2.05) is 263 Å². The van der Waals surface area contributed by atoms with Crippen molar-refractivity contribution < 1.29 is 38.6 Å². The van der Waals surface area contributed by atoms with Gasteiger partial charge < -0.3 is 62.0 Å². The number of likely N-dealkylation sites (tertiary alicyclic amines) is 2. The van der Waals surface area contributed by atoms with Crippen LogP contribution in [0.15, 0.2) is 255 Å². The molecule has 4 amide bonds. The third-order valence-electron chi connectivity index (χ3n) is 16.2. The quantitative estimate of drug-likeness (QED) is 0.0375. The van der Waals surface area contributed by atoms with Crippen molar-refractivity contribution in [1.29, 1.82) is 0 Å². The molecule has 9 aromatic carbocycles. The van der Waals surface area contributed by atoms with Crippen LogP contribution in [0, 0.1) is 17.8 Å². The molecule has 20 heteroatoms. The van der Waals surface area contributed by atoms with E-state index in [0.717, 1.165) is 63.2 Å². The summed E-state index contributed by atoms with van der Waals surface area (Å²) in [6.45, 7) is 13.8. The molecule has 12 rings (SSSR count). The van der Waals surface area contributed by atoms with Crippen molar-refractivity contribution in [2.75, 3.05) is 76.9 Å². The Bertz CT molecular complexity index is 3990. The van der Waals surface area contributed by atoms with E-state index >= 15 is 0 Å². The topological polar surface area (TPSA) is 229 Å². The molecule has 524 valence electrons. The predicted octanol–water partition coefficient (Wildman–Crippen LogP) is 17.7. The fourth-order valence-corrected chi connectivity index (χ4v) is 11.7. The average molecular weight is 1410 g/mol. The molecule has 0 unspecified atom stereocenters. The van der Waals surface area contributed by atoms with Gasteiger partial charge in [-0.2, -0.15) is 13.5 Å². The molecule has 3 heterocycles. The van der Waals surface area contributed by atoms with Gasteiger partial charge in [-0.25, -0.2) is 9.59 Å². The van der Waals surface area contributed by atoms with Gasteiger partial charge in [-0.1, -0.05) is 164 Å². The lowest BCUT2D eigenvalue weighted by Crippen LogP contribution is -2.36. The Kier molecular flexibility index (Phi) is 29.7. The van der Waals surface area contributed by atoms with Crippen LogP contribution in [0.1, 0.15) is 76.0 Å². The molecule has 0 spiro atoms. The Morgan fingerprint density at radius 3 is 1.10 bits per heavy atom. The Balaban J connectivity index is 0.000000191. The number of carboxylic acid groups (broad SMARTS) is 1. The summed E-state index contributed by atoms with van der Waals surface area (Å²) in [4.78, 5) is 65.8. The van der Waals surface area contributed by atoms with E-state index in [1.54, 1.807) is 25.7 Å². The zero-order valence-corrected chi connectivity index (χ0v) is 59.7. The van der Waals surface area contributed by atoms with Crippen LogP contribution in [0.5, 0.6) is 0 Å². The molecule has 3 fully saturated rings. The number of ether oxygens (including phenoxy) is 2. The van der Waals surface area contributed by atoms with Gasteiger partial charge in [-0.15, -0.1) is 23.2 Å². The minimum absolute atomic E-state index is 0. The largest absolute Gasteiger partial charge is 0.481 e. The zero-order valence-electron chi connectivity index (χ0n) is 57.2. The van der Waals surface area contributed by atoms with Gasteiger partial charge in [0.15, 0.2) is 0 Å². The molecule has 0 radical (unpaired) electrons. The van der Waals surface area contributed by atoms with Crippen molar-refractivity contribution in [1.82, 2.24) is 15.1 Å². The van der Waals surface area contributed by atoms with Crippen LogP contribution >= 0.6 is 36.7 Å². The first-order valence-electron chi connectivity index (χ1n) is 32.9. The second-order valence-corrected chi connectivity index (χ2v) is 26.8. The zero-order chi connectivity index (χ0) is 70.7. The number of hydrogen-bond acceptors (Lipinski definition) is 12. The maximum absolute atomic E-state index is 13.4. The smallest absolute Gasteiger partial charge is 0.410 e. The number of carbonyl (C=O) groups excluding carboxylic acids is 4. The molecule has 3 aliphatic heterocycles. The van der Waals surface area contributed by atoms with E-state index < -0.39 is 35.3 Å². The van der Waals surface area contributed by atoms with Crippen molar-refractivity contribution in [3.8, 4) is 0 Å². The maximum Gasteiger partial charge on any atom is 0.410 e. The number of para-hydroxylation sites is 3. The van der Waals surface area contributed by atoms with Gasteiger partial charge in [-0.05, 0) is 149 Å². The first-order chi connectivity index (χ1) is 47.6. The van der Waals surface area contributed by atoms with Gasteiger partial charge in [-0.3, -0.25) is 14.4 Å². The second kappa shape index (κ2) is 38.4. The van der Waals surface area contributed by atoms with Gasteiger partial charge >= 0.3 is 18.2 Å². The number of carboxylic acids is 1. The highest BCUT2D eigenvalue weighted by atomic mass is 35.5. The Morgan fingerprint density at radius 1 is 0.420 bits per heavy atom. The molecule has 0 saturated carbocycles. The highest BCUT2D eigenvalue weighted by Gasteiger charge is 2.43. The number of hydrogen-bond donors (Lipinski definition) is 8. The van der Waals surface area contributed by atoms with Crippen molar-refractivity contribution in [2.24, 2.45) is 17.8 Å². The summed E-state index contributed by atoms with van der Waals surface area (Å²) in [7, 11) is 0. The number of benzene rings is 9. The Hall–Kier alpha value is -9.98. The first kappa shape index (κ1) is 77.4. The van der Waals surface area contributed by atoms with E-state index in [9.17, 15) is 29.1 Å². The van der Waals surface area contributed by atoms with Gasteiger partial charge in [0.1, 0.15) is 11.2 Å². The molecule has 0 aromatic heterocycles. The van der Waals surface area contributed by atoms with Crippen LogP contribution in [0.25, 0.3) is 0 Å². The van der Waals surface area contributed by atoms with Crippen LogP contribution < -0.4 is 37.6 Å². The van der Waals surface area contributed by atoms with Gasteiger partial charge in [0.2, 0.25) is 11.8 Å². The predicted molar refractivity (Wildman–Crippen MR) is 411 cm³/mol. The van der Waals surface area contributed by atoms with E-state index in [2.05, 4.69) is 44.0 Å². The lowest BCUT2D eigenvalue weighted by atomic mass is 9.88. The van der Waals surface area contributed by atoms with Gasteiger partial charge in [0.05, 0.1) is 23.1 Å². The van der Waals surface area contributed by atoms with Crippen LogP contribution in [0.4, 0.5) is 60.8 Å². The molecule has 100 heavy (non-hydrogen) atoms. The summed E-state index contributed by atoms with van der Waals surface area (Å²) in [5.74, 6) is -2.09. The standard InChI is InChI=1S/C28H31N3O3.C23H23N3O.C16H21NO4.C12H12N2.CH2Cl2.H2S/c1-28(2,3)34-27(33)31-18-24(20-11-6-4-7-12-20)25(19-31)26(32)30-23-16-10-15-22(17-23)29-21-13-8-5-9-14-21;27-23(22-16-24-15-21(22)17-8-3-1-4-9-17)26-20-13-7-12-19(14-20)25-18-10-5-2-6-11-18;1-16(2,3)21-15(20)17-9-12(13(10-17)14(18)19)11-7-5-4-6-8-11;13-10-5-4-8-12(9-10)14-11-6-2-1-3-7-11;2-1-3;/h4-17,24-25,29H,18-19H2,1-3H3,(H,30,32);1-14,21-22,24-25H,15-16H2,(H,26,27);4-8,12-13H,9-10H2,1-3H3,(H,18,19);1-9,14H,13H2;1H2;1H2/t24-,25+;21-,22+;12-,13+;;;/m000.../s1. The SMILES string of the molecule is CC(C)(C)OC(=O)N1C[C@@H](C(=O)Nc2cccc(Nc3ccccc3)c2)[C@H](c2ccccc2)C1.CC(C)(C)OC(=O)N1C[C@@H](C(=O)O)[C@H](c2ccccc2)C1.ClCCl.Nc1cccc(Nc2ccccc2)c1.O=C(Nc1cccc(Nc2ccccc2)c1)[C@@H]1CNC[C@H]1c1ccccc1.S. The number of amides is 4. The van der Waals surface area contributed by atoms with Crippen LogP contribution in [-0.4, -0.2) is 101 Å².